The number of nitrogens with zero attached hydrogens (tertiary/aromatic N) is 1. The molecule has 0 spiro atoms. The first kappa shape index (κ1) is 15.6. The van der Waals surface area contributed by atoms with Gasteiger partial charge in [-0.3, -0.25) is 0 Å². The van der Waals surface area contributed by atoms with E-state index in [9.17, 15) is 8.42 Å². The lowest BCUT2D eigenvalue weighted by molar-refractivity contribution is 0.327. The maximum Gasteiger partial charge on any atom is 0.385 e. The predicted molar refractivity (Wildman–Crippen MR) is 76.7 cm³/mol. The summed E-state index contributed by atoms with van der Waals surface area (Å²) in [6.07, 6.45) is 0. The molecule has 0 unspecified atom stereocenters. The predicted octanol–water partition coefficient (Wildman–Crippen LogP) is 3.64. The van der Waals surface area contributed by atoms with Crippen LogP contribution in [0.2, 0.25) is 0 Å². The van der Waals surface area contributed by atoms with Crippen LogP contribution in [-0.4, -0.2) is 18.8 Å². The van der Waals surface area contributed by atoms with E-state index < -0.39 is 41.7 Å². The molecule has 0 N–H and O–H groups in total. The monoisotopic (exact) mass is 429 g/mol. The number of rotatable bonds is 4. The molecule has 0 fully saturated rings. The zero-order valence-electron chi connectivity index (χ0n) is 8.19. The highest BCUT2D eigenvalue weighted by Crippen LogP contribution is 2.27. The Bertz CT molecular complexity index is 486. The third-order valence-corrected chi connectivity index (χ3v) is 5.62. The Hall–Kier alpha value is 0.530. The number of hydrogen-bond acceptors (Lipinski definition) is 3. The zero-order valence-corrected chi connectivity index (χ0v) is 13.4. The quantitative estimate of drug-likeness (QED) is 0.541. The van der Waals surface area contributed by atoms with Gasteiger partial charge < -0.3 is 0 Å². The number of benzene rings is 1. The van der Waals surface area contributed by atoms with Crippen molar-refractivity contribution in [2.75, 3.05) is 6.61 Å². The minimum Gasteiger partial charge on any atom is -0.247 e. The minimum absolute atomic E-state index is 0.554. The lowest BCUT2D eigenvalue weighted by atomic mass is 10.4. The standard InChI is InChI=1S/C8H7Cl3INO3S/c9-8(10,11)6-16-17(14,15)13-12-7-4-2-1-3-5-7/h1-5H,6H2. The highest BCUT2D eigenvalue weighted by Gasteiger charge is 2.23. The summed E-state index contributed by atoms with van der Waals surface area (Å²) in [5.41, 5.74) is 0. The summed E-state index contributed by atoms with van der Waals surface area (Å²) in [6, 6.07) is 9.03. The lowest BCUT2D eigenvalue weighted by Crippen LogP contribution is -2.15. The molecule has 1 aromatic carbocycles. The fourth-order valence-electron chi connectivity index (χ4n) is 0.714. The Morgan fingerprint density at radius 2 is 1.82 bits per heavy atom. The Labute approximate surface area is 125 Å². The molecule has 0 heterocycles. The molecule has 0 bridgehead atoms. The average molecular weight is 430 g/mol. The number of hydrogen-bond donors (Lipinski definition) is 0. The summed E-state index contributed by atoms with van der Waals surface area (Å²) >= 11 is 15.1. The summed E-state index contributed by atoms with van der Waals surface area (Å²) in [6.45, 7) is -0.554. The van der Waals surface area contributed by atoms with Crippen molar-refractivity contribution in [3.8, 4) is 0 Å². The van der Waals surface area contributed by atoms with E-state index in [2.05, 4.69) is 6.73 Å². The van der Waals surface area contributed by atoms with Crippen LogP contribution in [0.1, 0.15) is 0 Å². The maximum atomic E-state index is 11.3. The lowest BCUT2D eigenvalue weighted by Gasteiger charge is -2.08. The van der Waals surface area contributed by atoms with E-state index in [1.807, 2.05) is 6.07 Å². The van der Waals surface area contributed by atoms with Crippen LogP contribution in [0.3, 0.4) is 0 Å². The Morgan fingerprint density at radius 1 is 1.24 bits per heavy atom. The van der Waals surface area contributed by atoms with Crippen molar-refractivity contribution in [3.63, 3.8) is 0 Å². The average Bonchev–Trinajstić information content (AvgIpc) is 2.25. The molecule has 9 heteroatoms. The van der Waals surface area contributed by atoms with Crippen LogP contribution in [0.15, 0.2) is 32.9 Å². The van der Waals surface area contributed by atoms with E-state index in [-0.39, 0.29) is 0 Å². The van der Waals surface area contributed by atoms with Gasteiger partial charge in [0.25, 0.3) is 0 Å². The van der Waals surface area contributed by atoms with Gasteiger partial charge in [-0.2, -0.15) is 8.42 Å². The van der Waals surface area contributed by atoms with Crippen LogP contribution in [0.5, 0.6) is 0 Å². The van der Waals surface area contributed by atoms with Crippen LogP contribution in [0.4, 0.5) is 0 Å². The third-order valence-electron chi connectivity index (χ3n) is 1.32. The summed E-state index contributed by atoms with van der Waals surface area (Å²) in [5, 5.41) is 0. The van der Waals surface area contributed by atoms with Gasteiger partial charge in [0, 0.05) is 24.6 Å². The molecule has 4 nitrogen and oxygen atoms in total. The van der Waals surface area contributed by atoms with Crippen molar-refractivity contribution in [1.29, 1.82) is 0 Å². The molecule has 0 aliphatic heterocycles. The number of alkyl halides is 3. The molecule has 0 saturated carbocycles. The van der Waals surface area contributed by atoms with Crippen LogP contribution >= 0.6 is 55.8 Å². The number of halogens is 4. The van der Waals surface area contributed by atoms with E-state index in [0.29, 0.717) is 0 Å². The molecule has 17 heavy (non-hydrogen) atoms. The first-order valence-corrected chi connectivity index (χ1v) is 8.70. The van der Waals surface area contributed by atoms with Gasteiger partial charge >= 0.3 is 10.3 Å². The molecule has 0 saturated heterocycles. The van der Waals surface area contributed by atoms with E-state index in [0.717, 1.165) is 3.57 Å². The molecule has 0 aliphatic carbocycles. The first-order chi connectivity index (χ1) is 7.79. The SMILES string of the molecule is O=S(=O)(N=Ic1ccccc1)OCC(Cl)(Cl)Cl. The topological polar surface area (TPSA) is 55.7 Å². The summed E-state index contributed by atoms with van der Waals surface area (Å²) in [4.78, 5) is 0. The molecule has 0 atom stereocenters. The van der Waals surface area contributed by atoms with Crippen molar-refractivity contribution in [2.45, 2.75) is 3.79 Å². The van der Waals surface area contributed by atoms with Gasteiger partial charge in [-0.05, 0) is 12.1 Å². The molecule has 1 rings (SSSR count). The van der Waals surface area contributed by atoms with Gasteiger partial charge in [0.1, 0.15) is 6.61 Å². The van der Waals surface area contributed by atoms with E-state index in [1.165, 1.54) is 0 Å². The van der Waals surface area contributed by atoms with E-state index >= 15 is 0 Å². The fourth-order valence-corrected chi connectivity index (χ4v) is 4.09. The summed E-state index contributed by atoms with van der Waals surface area (Å²) in [5.74, 6) is 0. The normalized spacial score (nSPS) is 13.6. The minimum atomic E-state index is -3.99. The smallest absolute Gasteiger partial charge is 0.247 e. The molecule has 1 aromatic rings. The second-order valence-electron chi connectivity index (χ2n) is 2.75. The summed E-state index contributed by atoms with van der Waals surface area (Å²) < 4.78 is 29.7. The van der Waals surface area contributed by atoms with Crippen LogP contribution in [-0.2, 0) is 14.5 Å². The van der Waals surface area contributed by atoms with Crippen molar-refractivity contribution in [2.24, 2.45) is 2.55 Å². The second-order valence-corrected chi connectivity index (χ2v) is 9.41. The highest BCUT2D eigenvalue weighted by atomic mass is 127. The van der Waals surface area contributed by atoms with E-state index in [4.69, 9.17) is 34.8 Å². The second kappa shape index (κ2) is 6.63. The van der Waals surface area contributed by atoms with Crippen molar-refractivity contribution >= 4 is 66.1 Å². The van der Waals surface area contributed by atoms with Crippen molar-refractivity contribution < 1.29 is 12.6 Å². The van der Waals surface area contributed by atoms with Gasteiger partial charge in [0.05, 0.1) is 0 Å². The van der Waals surface area contributed by atoms with Gasteiger partial charge in [0.15, 0.2) is 0 Å². The largest absolute Gasteiger partial charge is 0.385 e. The molecular formula is C8H7Cl3INO3S. The van der Waals surface area contributed by atoms with E-state index in [1.54, 1.807) is 24.3 Å². The Morgan fingerprint density at radius 3 is 2.35 bits per heavy atom. The molecule has 0 amide bonds. The van der Waals surface area contributed by atoms with Gasteiger partial charge in [-0.25, -0.2) is 4.18 Å². The Balaban J connectivity index is 2.65. The maximum absolute atomic E-state index is 11.3. The van der Waals surface area contributed by atoms with Crippen molar-refractivity contribution in [1.82, 2.24) is 0 Å². The van der Waals surface area contributed by atoms with Gasteiger partial charge in [0.2, 0.25) is 3.79 Å². The van der Waals surface area contributed by atoms with Crippen molar-refractivity contribution in [3.05, 3.63) is 33.9 Å². The zero-order chi connectivity index (χ0) is 12.9. The first-order valence-electron chi connectivity index (χ1n) is 4.16. The third kappa shape index (κ3) is 7.53. The van der Waals surface area contributed by atoms with Gasteiger partial charge in [-0.15, -0.1) is 2.55 Å². The van der Waals surface area contributed by atoms with Crippen LogP contribution in [0.25, 0.3) is 0 Å². The fraction of sp³-hybridized carbons (Fsp3) is 0.250. The molecule has 0 radical (unpaired) electrons. The highest BCUT2D eigenvalue weighted by molar-refractivity contribution is 14.2. The summed E-state index contributed by atoms with van der Waals surface area (Å²) in [7, 11) is -3.99. The molecule has 96 valence electrons. The Kier molecular flexibility index (Phi) is 6.07. The van der Waals surface area contributed by atoms with Gasteiger partial charge in [-0.1, -0.05) is 53.0 Å². The van der Waals surface area contributed by atoms with Crippen LogP contribution < -0.4 is 0 Å². The molecular weight excluding hydrogens is 423 g/mol. The molecule has 0 aliphatic rings. The molecule has 0 aromatic heterocycles. The van der Waals surface area contributed by atoms with Crippen LogP contribution in [0, 0.1) is 3.57 Å².